The molecule has 1 amide bonds. The Bertz CT molecular complexity index is 951. The largest absolute Gasteiger partial charge is 0.309 e. The molecule has 0 spiro atoms. The van der Waals surface area contributed by atoms with Gasteiger partial charge in [-0.3, -0.25) is 14.4 Å². The molecule has 0 aromatic carbocycles. The lowest BCUT2D eigenvalue weighted by Crippen LogP contribution is -2.33. The fourth-order valence-electron chi connectivity index (χ4n) is 2.16. The second-order valence-corrected chi connectivity index (χ2v) is 6.35. The van der Waals surface area contributed by atoms with Gasteiger partial charge in [-0.25, -0.2) is 14.6 Å². The van der Waals surface area contributed by atoms with Crippen LogP contribution in [0.1, 0.15) is 28.5 Å². The van der Waals surface area contributed by atoms with Crippen molar-refractivity contribution in [3.8, 4) is 0 Å². The standard InChI is InChI=1S/C17H16BrN5O3/c1-10(18)4-5-13-11(2)16(12(3)24)22-23(17(13)26)8-15(25)21-14-6-7-19-9-20-14/h4-7,9H,1,8H2,2-3H3,(H,19,20,21,25)/b5-4-. The lowest BCUT2D eigenvalue weighted by molar-refractivity contribution is -0.117. The van der Waals surface area contributed by atoms with Crippen molar-refractivity contribution in [3.05, 3.63) is 62.9 Å². The van der Waals surface area contributed by atoms with Gasteiger partial charge in [-0.2, -0.15) is 5.10 Å². The molecule has 2 rings (SSSR count). The van der Waals surface area contributed by atoms with Crippen molar-refractivity contribution in [1.82, 2.24) is 19.7 Å². The molecule has 0 saturated heterocycles. The maximum Gasteiger partial charge on any atom is 0.274 e. The van der Waals surface area contributed by atoms with Gasteiger partial charge in [0.05, 0.1) is 0 Å². The zero-order chi connectivity index (χ0) is 19.3. The first-order valence-corrected chi connectivity index (χ1v) is 8.30. The van der Waals surface area contributed by atoms with E-state index in [1.807, 2.05) is 0 Å². The van der Waals surface area contributed by atoms with Crippen LogP contribution in [0.25, 0.3) is 6.08 Å². The SMILES string of the molecule is C=C(Br)/C=C\c1c(C)c(C(C)=O)nn(CC(=O)Nc2ccncn2)c1=O. The number of halogens is 1. The van der Waals surface area contributed by atoms with E-state index in [0.29, 0.717) is 15.9 Å². The maximum absolute atomic E-state index is 12.7. The van der Waals surface area contributed by atoms with Crippen molar-refractivity contribution in [2.45, 2.75) is 20.4 Å². The van der Waals surface area contributed by atoms with Crippen LogP contribution in [-0.2, 0) is 11.3 Å². The van der Waals surface area contributed by atoms with Crippen LogP contribution in [0, 0.1) is 6.92 Å². The van der Waals surface area contributed by atoms with E-state index < -0.39 is 11.5 Å². The minimum atomic E-state index is -0.503. The van der Waals surface area contributed by atoms with Crippen molar-refractivity contribution in [2.24, 2.45) is 0 Å². The summed E-state index contributed by atoms with van der Waals surface area (Å²) in [6.45, 7) is 6.29. The molecule has 0 fully saturated rings. The first-order valence-electron chi connectivity index (χ1n) is 7.50. The molecule has 0 aliphatic rings. The monoisotopic (exact) mass is 417 g/mol. The van der Waals surface area contributed by atoms with Crippen LogP contribution < -0.4 is 10.9 Å². The van der Waals surface area contributed by atoms with Crippen LogP contribution in [0.15, 0.2) is 40.5 Å². The number of rotatable bonds is 6. The van der Waals surface area contributed by atoms with Gasteiger partial charge in [0.2, 0.25) is 5.91 Å². The molecule has 0 aliphatic carbocycles. The third kappa shape index (κ3) is 4.79. The summed E-state index contributed by atoms with van der Waals surface area (Å²) in [6.07, 6.45) is 5.87. The number of amides is 1. The fourth-order valence-corrected chi connectivity index (χ4v) is 2.29. The highest BCUT2D eigenvalue weighted by molar-refractivity contribution is 9.11. The molecular formula is C17H16BrN5O3. The number of allylic oxidation sites excluding steroid dienone is 2. The van der Waals surface area contributed by atoms with Gasteiger partial charge in [-0.15, -0.1) is 0 Å². The summed E-state index contributed by atoms with van der Waals surface area (Å²) in [5.74, 6) is -0.510. The van der Waals surface area contributed by atoms with E-state index in [2.05, 4.69) is 42.9 Å². The summed E-state index contributed by atoms with van der Waals surface area (Å²) in [7, 11) is 0. The minimum absolute atomic E-state index is 0.124. The van der Waals surface area contributed by atoms with Crippen LogP contribution in [0.4, 0.5) is 5.82 Å². The molecule has 0 atom stereocenters. The summed E-state index contributed by atoms with van der Waals surface area (Å²) >= 11 is 3.18. The minimum Gasteiger partial charge on any atom is -0.309 e. The van der Waals surface area contributed by atoms with E-state index in [1.165, 1.54) is 31.6 Å². The quantitative estimate of drug-likeness (QED) is 0.569. The predicted octanol–water partition coefficient (Wildman–Crippen LogP) is 2.10. The Balaban J connectivity index is 2.41. The Kier molecular flexibility index (Phi) is 6.29. The zero-order valence-electron chi connectivity index (χ0n) is 14.2. The summed E-state index contributed by atoms with van der Waals surface area (Å²) < 4.78 is 1.52. The lowest BCUT2D eigenvalue weighted by Gasteiger charge is -2.11. The van der Waals surface area contributed by atoms with Gasteiger partial charge in [-0.1, -0.05) is 22.5 Å². The topological polar surface area (TPSA) is 107 Å². The molecule has 1 N–H and O–H groups in total. The summed E-state index contributed by atoms with van der Waals surface area (Å²) in [5, 5.41) is 6.57. The molecule has 0 bridgehead atoms. The van der Waals surface area contributed by atoms with E-state index in [-0.39, 0.29) is 23.6 Å². The second-order valence-electron chi connectivity index (χ2n) is 5.33. The molecule has 2 aromatic rings. The van der Waals surface area contributed by atoms with Crippen LogP contribution in [-0.4, -0.2) is 31.4 Å². The number of anilines is 1. The van der Waals surface area contributed by atoms with Gasteiger partial charge >= 0.3 is 0 Å². The van der Waals surface area contributed by atoms with Crippen LogP contribution in [0.5, 0.6) is 0 Å². The summed E-state index contributed by atoms with van der Waals surface area (Å²) in [4.78, 5) is 44.3. The van der Waals surface area contributed by atoms with Gasteiger partial charge in [0.25, 0.3) is 5.56 Å². The highest BCUT2D eigenvalue weighted by Crippen LogP contribution is 2.13. The molecule has 0 unspecified atom stereocenters. The third-order valence-corrected chi connectivity index (χ3v) is 3.62. The molecule has 2 aromatic heterocycles. The third-order valence-electron chi connectivity index (χ3n) is 3.35. The molecule has 0 saturated carbocycles. The van der Waals surface area contributed by atoms with Crippen molar-refractivity contribution < 1.29 is 9.59 Å². The van der Waals surface area contributed by atoms with Crippen LogP contribution >= 0.6 is 15.9 Å². The lowest BCUT2D eigenvalue weighted by atomic mass is 10.1. The molecule has 8 nitrogen and oxygen atoms in total. The first-order chi connectivity index (χ1) is 12.3. The van der Waals surface area contributed by atoms with Gasteiger partial charge in [0.1, 0.15) is 24.4 Å². The summed E-state index contributed by atoms with van der Waals surface area (Å²) in [6, 6.07) is 1.51. The molecule has 0 aliphatic heterocycles. The Morgan fingerprint density at radius 1 is 1.42 bits per heavy atom. The Morgan fingerprint density at radius 2 is 2.15 bits per heavy atom. The van der Waals surface area contributed by atoms with Gasteiger partial charge < -0.3 is 5.32 Å². The summed E-state index contributed by atoms with van der Waals surface area (Å²) in [5.41, 5.74) is 0.343. The zero-order valence-corrected chi connectivity index (χ0v) is 15.8. The van der Waals surface area contributed by atoms with E-state index in [0.717, 1.165) is 4.68 Å². The Morgan fingerprint density at radius 3 is 2.73 bits per heavy atom. The van der Waals surface area contributed by atoms with Gasteiger partial charge in [-0.05, 0) is 30.7 Å². The van der Waals surface area contributed by atoms with E-state index in [9.17, 15) is 14.4 Å². The van der Waals surface area contributed by atoms with Gasteiger partial charge in [0, 0.05) is 23.2 Å². The maximum atomic E-state index is 12.7. The molecule has 9 heteroatoms. The van der Waals surface area contributed by atoms with Crippen molar-refractivity contribution in [1.29, 1.82) is 0 Å². The van der Waals surface area contributed by atoms with Crippen molar-refractivity contribution >= 4 is 39.5 Å². The molecule has 2 heterocycles. The Labute approximate surface area is 157 Å². The van der Waals surface area contributed by atoms with E-state index in [4.69, 9.17) is 0 Å². The second kappa shape index (κ2) is 8.43. The average molecular weight is 418 g/mol. The molecule has 134 valence electrons. The number of aromatic nitrogens is 4. The van der Waals surface area contributed by atoms with Crippen molar-refractivity contribution in [3.63, 3.8) is 0 Å². The molecule has 26 heavy (non-hydrogen) atoms. The highest BCUT2D eigenvalue weighted by atomic mass is 79.9. The number of nitrogens with zero attached hydrogens (tertiary/aromatic N) is 4. The molecular weight excluding hydrogens is 402 g/mol. The number of Topliss-reactive ketones (excluding diaryl/α,β-unsaturated/α-hetero) is 1. The smallest absolute Gasteiger partial charge is 0.274 e. The number of nitrogens with one attached hydrogen (secondary N) is 1. The normalized spacial score (nSPS) is 10.7. The number of carbonyl (C=O) groups excluding carboxylic acids is 2. The van der Waals surface area contributed by atoms with Crippen LogP contribution in [0.3, 0.4) is 0 Å². The van der Waals surface area contributed by atoms with E-state index >= 15 is 0 Å². The Hall–Kier alpha value is -2.94. The van der Waals surface area contributed by atoms with Crippen molar-refractivity contribution in [2.75, 3.05) is 5.32 Å². The van der Waals surface area contributed by atoms with Crippen LogP contribution in [0.2, 0.25) is 0 Å². The number of ketones is 1. The average Bonchev–Trinajstić information content (AvgIpc) is 2.57. The number of carbonyl (C=O) groups is 2. The first kappa shape index (κ1) is 19.4. The van der Waals surface area contributed by atoms with E-state index in [1.54, 1.807) is 13.0 Å². The fraction of sp³-hybridized carbons (Fsp3) is 0.176. The number of hydrogen-bond acceptors (Lipinski definition) is 6. The highest BCUT2D eigenvalue weighted by Gasteiger charge is 2.17. The molecule has 0 radical (unpaired) electrons. The van der Waals surface area contributed by atoms with Gasteiger partial charge in [0.15, 0.2) is 5.78 Å². The predicted molar refractivity (Wildman–Crippen MR) is 101 cm³/mol. The number of hydrogen-bond donors (Lipinski definition) is 1.